The minimum absolute atomic E-state index is 0.0968. The van der Waals surface area contributed by atoms with Gasteiger partial charge in [0.15, 0.2) is 0 Å². The monoisotopic (exact) mass is 215 g/mol. The normalized spacial score (nSPS) is 11.8. The first kappa shape index (κ1) is 13.7. The van der Waals surface area contributed by atoms with Crippen molar-refractivity contribution in [3.05, 3.63) is 0 Å². The van der Waals surface area contributed by atoms with Crippen molar-refractivity contribution in [1.29, 1.82) is 0 Å². The molecule has 15 heavy (non-hydrogen) atoms. The average Bonchev–Trinajstić information content (AvgIpc) is 2.25. The second-order valence-electron chi connectivity index (χ2n) is 3.50. The number of hydrogen-bond donors (Lipinski definition) is 3. The summed E-state index contributed by atoms with van der Waals surface area (Å²) in [6.45, 7) is 4.58. The molecule has 0 rings (SSSR count). The Morgan fingerprint density at radius 3 is 2.53 bits per heavy atom. The molecule has 5 heteroatoms. The van der Waals surface area contributed by atoms with E-state index in [1.807, 2.05) is 13.8 Å². The summed E-state index contributed by atoms with van der Waals surface area (Å²) < 4.78 is 0. The summed E-state index contributed by atoms with van der Waals surface area (Å²) in [5, 5.41) is 14.0. The number of amidine groups is 1. The minimum Gasteiger partial charge on any atom is -0.409 e. The zero-order chi connectivity index (χ0) is 11.7. The number of hydrogen-bond acceptors (Lipinski definition) is 3. The van der Waals surface area contributed by atoms with Crippen molar-refractivity contribution in [3.8, 4) is 0 Å². The quantitative estimate of drug-likeness (QED) is 0.195. The summed E-state index contributed by atoms with van der Waals surface area (Å²) in [7, 11) is 0. The van der Waals surface area contributed by atoms with Crippen LogP contribution in [0.2, 0.25) is 0 Å². The lowest BCUT2D eigenvalue weighted by Crippen LogP contribution is -2.31. The molecule has 0 bridgehead atoms. The van der Waals surface area contributed by atoms with Crippen LogP contribution in [0.1, 0.15) is 39.5 Å². The Morgan fingerprint density at radius 1 is 1.47 bits per heavy atom. The van der Waals surface area contributed by atoms with Crippen molar-refractivity contribution < 1.29 is 10.0 Å². The van der Waals surface area contributed by atoms with Gasteiger partial charge >= 0.3 is 0 Å². The van der Waals surface area contributed by atoms with E-state index in [4.69, 9.17) is 10.9 Å². The summed E-state index contributed by atoms with van der Waals surface area (Å²) in [5.41, 5.74) is 5.29. The first-order valence-electron chi connectivity index (χ1n) is 5.39. The molecule has 0 aromatic rings. The maximum absolute atomic E-state index is 11.5. The number of oxime groups is 1. The lowest BCUT2D eigenvalue weighted by Gasteiger charge is -2.12. The predicted molar refractivity (Wildman–Crippen MR) is 59.7 cm³/mol. The summed E-state index contributed by atoms with van der Waals surface area (Å²) >= 11 is 0. The Kier molecular flexibility index (Phi) is 7.40. The molecule has 0 atom stereocenters. The third-order valence-corrected chi connectivity index (χ3v) is 2.39. The van der Waals surface area contributed by atoms with E-state index in [0.29, 0.717) is 19.4 Å². The van der Waals surface area contributed by atoms with Crippen molar-refractivity contribution in [2.24, 2.45) is 16.8 Å². The number of carbonyl (C=O) groups excluding carboxylic acids is 1. The van der Waals surface area contributed by atoms with Gasteiger partial charge in [0.2, 0.25) is 5.91 Å². The van der Waals surface area contributed by atoms with E-state index in [2.05, 4.69) is 10.5 Å². The van der Waals surface area contributed by atoms with Crippen LogP contribution in [0.15, 0.2) is 5.16 Å². The highest BCUT2D eigenvalue weighted by Crippen LogP contribution is 2.06. The number of nitrogens with two attached hydrogens (primary N) is 1. The van der Waals surface area contributed by atoms with E-state index in [-0.39, 0.29) is 17.7 Å². The van der Waals surface area contributed by atoms with Gasteiger partial charge in [-0.1, -0.05) is 19.0 Å². The highest BCUT2D eigenvalue weighted by molar-refractivity contribution is 5.80. The van der Waals surface area contributed by atoms with Crippen molar-refractivity contribution in [1.82, 2.24) is 5.32 Å². The van der Waals surface area contributed by atoms with Crippen molar-refractivity contribution in [3.63, 3.8) is 0 Å². The van der Waals surface area contributed by atoms with Gasteiger partial charge in [-0.15, -0.1) is 0 Å². The van der Waals surface area contributed by atoms with Gasteiger partial charge in [-0.3, -0.25) is 4.79 Å². The first-order chi connectivity index (χ1) is 7.15. The van der Waals surface area contributed by atoms with Gasteiger partial charge in [0.05, 0.1) is 0 Å². The second kappa shape index (κ2) is 8.08. The van der Waals surface area contributed by atoms with E-state index in [9.17, 15) is 4.79 Å². The number of nitrogens with zero attached hydrogens (tertiary/aromatic N) is 1. The summed E-state index contributed by atoms with van der Waals surface area (Å²) in [6, 6.07) is 0. The van der Waals surface area contributed by atoms with Crippen LogP contribution in [-0.4, -0.2) is 23.5 Å². The lowest BCUT2D eigenvalue weighted by atomic mass is 10.0. The van der Waals surface area contributed by atoms with E-state index in [1.54, 1.807) is 0 Å². The number of carbonyl (C=O) groups is 1. The second-order valence-corrected chi connectivity index (χ2v) is 3.50. The van der Waals surface area contributed by atoms with Crippen LogP contribution in [-0.2, 0) is 4.79 Å². The van der Waals surface area contributed by atoms with Gasteiger partial charge in [0.1, 0.15) is 5.84 Å². The van der Waals surface area contributed by atoms with E-state index in [0.717, 1.165) is 12.8 Å². The number of nitrogens with one attached hydrogen (secondary N) is 1. The fourth-order valence-corrected chi connectivity index (χ4v) is 1.33. The van der Waals surface area contributed by atoms with Gasteiger partial charge in [-0.05, 0) is 19.3 Å². The maximum atomic E-state index is 11.5. The third-order valence-electron chi connectivity index (χ3n) is 2.39. The minimum atomic E-state index is 0.0968. The van der Waals surface area contributed by atoms with Crippen molar-refractivity contribution >= 4 is 11.7 Å². The standard InChI is InChI=1S/C10H21N3O2/c1-3-8(4-2)10(14)12-7-5-6-9(11)13-15/h8,15H,3-7H2,1-2H3,(H2,11,13)(H,12,14). The molecule has 0 saturated carbocycles. The summed E-state index contributed by atoms with van der Waals surface area (Å²) in [4.78, 5) is 11.5. The molecule has 1 amide bonds. The van der Waals surface area contributed by atoms with Crippen LogP contribution < -0.4 is 11.1 Å². The van der Waals surface area contributed by atoms with Crippen LogP contribution in [0.3, 0.4) is 0 Å². The molecule has 0 radical (unpaired) electrons. The van der Waals surface area contributed by atoms with Crippen LogP contribution in [0.25, 0.3) is 0 Å². The van der Waals surface area contributed by atoms with Gasteiger partial charge in [-0.2, -0.15) is 0 Å². The predicted octanol–water partition coefficient (Wildman–Crippen LogP) is 1.07. The van der Waals surface area contributed by atoms with E-state index >= 15 is 0 Å². The molecule has 0 saturated heterocycles. The van der Waals surface area contributed by atoms with Gasteiger partial charge in [-0.25, -0.2) is 0 Å². The Hall–Kier alpha value is -1.26. The topological polar surface area (TPSA) is 87.7 Å². The number of amides is 1. The Balaban J connectivity index is 3.63. The molecule has 0 heterocycles. The van der Waals surface area contributed by atoms with E-state index in [1.165, 1.54) is 0 Å². The van der Waals surface area contributed by atoms with Crippen molar-refractivity contribution in [2.45, 2.75) is 39.5 Å². The van der Waals surface area contributed by atoms with Crippen LogP contribution >= 0.6 is 0 Å². The number of rotatable bonds is 7. The molecule has 5 nitrogen and oxygen atoms in total. The Morgan fingerprint density at radius 2 is 2.07 bits per heavy atom. The van der Waals surface area contributed by atoms with Gasteiger partial charge in [0, 0.05) is 18.9 Å². The fourth-order valence-electron chi connectivity index (χ4n) is 1.33. The fraction of sp³-hybridized carbons (Fsp3) is 0.800. The molecule has 0 aromatic heterocycles. The average molecular weight is 215 g/mol. The lowest BCUT2D eigenvalue weighted by molar-refractivity contribution is -0.125. The SMILES string of the molecule is CCC(CC)C(=O)NCCCC(N)=NO. The molecular formula is C10H21N3O2. The van der Waals surface area contributed by atoms with Crippen LogP contribution in [0.4, 0.5) is 0 Å². The summed E-state index contributed by atoms with van der Waals surface area (Å²) in [5.74, 6) is 0.403. The smallest absolute Gasteiger partial charge is 0.223 e. The molecule has 0 aliphatic rings. The van der Waals surface area contributed by atoms with Gasteiger partial charge in [0.25, 0.3) is 0 Å². The molecular weight excluding hydrogens is 194 g/mol. The zero-order valence-electron chi connectivity index (χ0n) is 9.49. The Bertz CT molecular complexity index is 213. The van der Waals surface area contributed by atoms with Crippen LogP contribution in [0.5, 0.6) is 0 Å². The highest BCUT2D eigenvalue weighted by Gasteiger charge is 2.12. The zero-order valence-corrected chi connectivity index (χ0v) is 9.49. The molecule has 0 spiro atoms. The van der Waals surface area contributed by atoms with E-state index < -0.39 is 0 Å². The van der Waals surface area contributed by atoms with Crippen molar-refractivity contribution in [2.75, 3.05) is 6.54 Å². The van der Waals surface area contributed by atoms with Crippen LogP contribution in [0, 0.1) is 5.92 Å². The third kappa shape index (κ3) is 5.93. The molecule has 88 valence electrons. The maximum Gasteiger partial charge on any atom is 0.223 e. The Labute approximate surface area is 90.7 Å². The molecule has 4 N–H and O–H groups in total. The first-order valence-corrected chi connectivity index (χ1v) is 5.39. The molecule has 0 aliphatic carbocycles. The summed E-state index contributed by atoms with van der Waals surface area (Å²) in [6.07, 6.45) is 2.92. The molecule has 0 aromatic carbocycles. The largest absolute Gasteiger partial charge is 0.409 e. The van der Waals surface area contributed by atoms with Gasteiger partial charge < -0.3 is 16.3 Å². The molecule has 0 aliphatic heterocycles. The molecule has 0 fully saturated rings. The molecule has 0 unspecified atom stereocenters. The highest BCUT2D eigenvalue weighted by atomic mass is 16.4.